The SMILES string of the molecule is CCNS(=O)(=O)c1ccc(C)cc1.[K+]. The zero-order valence-electron chi connectivity index (χ0n) is 8.74. The molecule has 1 aromatic carbocycles. The van der Waals surface area contributed by atoms with Gasteiger partial charge in [-0.3, -0.25) is 0 Å². The number of hydrogen-bond acceptors (Lipinski definition) is 2. The molecule has 0 heterocycles. The number of benzene rings is 1. The molecule has 0 aliphatic heterocycles. The van der Waals surface area contributed by atoms with Crippen molar-refractivity contribution in [1.29, 1.82) is 0 Å². The molecule has 0 radical (unpaired) electrons. The quantitative estimate of drug-likeness (QED) is 0.638. The van der Waals surface area contributed by atoms with Crippen LogP contribution in [0, 0.1) is 6.92 Å². The van der Waals surface area contributed by atoms with Crippen molar-refractivity contribution >= 4 is 10.0 Å². The van der Waals surface area contributed by atoms with Gasteiger partial charge in [0, 0.05) is 6.54 Å². The number of rotatable bonds is 3. The molecule has 3 nitrogen and oxygen atoms in total. The predicted octanol–water partition coefficient (Wildman–Crippen LogP) is -1.70. The molecule has 0 atom stereocenters. The summed E-state index contributed by atoms with van der Waals surface area (Å²) in [6.45, 7) is 4.09. The summed E-state index contributed by atoms with van der Waals surface area (Å²) in [6.07, 6.45) is 0. The van der Waals surface area contributed by atoms with Crippen molar-refractivity contribution in [2.24, 2.45) is 0 Å². The average molecular weight is 238 g/mol. The maximum Gasteiger partial charge on any atom is 1.00 e. The van der Waals surface area contributed by atoms with Crippen LogP contribution in [0.15, 0.2) is 29.2 Å². The maximum absolute atomic E-state index is 11.4. The fourth-order valence-corrected chi connectivity index (χ4v) is 2.03. The summed E-state index contributed by atoms with van der Waals surface area (Å²) in [5, 5.41) is 0. The molecule has 1 rings (SSSR count). The zero-order chi connectivity index (χ0) is 9.90. The van der Waals surface area contributed by atoms with Gasteiger partial charge in [0.25, 0.3) is 0 Å². The minimum absolute atomic E-state index is 0. The van der Waals surface area contributed by atoms with Crippen LogP contribution >= 0.6 is 0 Å². The number of nitrogens with one attached hydrogen (secondary N) is 1. The van der Waals surface area contributed by atoms with Gasteiger partial charge in [0.05, 0.1) is 4.90 Å². The monoisotopic (exact) mass is 238 g/mol. The van der Waals surface area contributed by atoms with Crippen LogP contribution in [-0.4, -0.2) is 15.0 Å². The smallest absolute Gasteiger partial charge is 0.211 e. The van der Waals surface area contributed by atoms with Gasteiger partial charge in [0.1, 0.15) is 0 Å². The number of aryl methyl sites for hydroxylation is 1. The van der Waals surface area contributed by atoms with E-state index < -0.39 is 10.0 Å². The largest absolute Gasteiger partial charge is 1.00 e. The van der Waals surface area contributed by atoms with E-state index in [0.29, 0.717) is 11.4 Å². The molecule has 14 heavy (non-hydrogen) atoms. The van der Waals surface area contributed by atoms with Crippen LogP contribution in [0.25, 0.3) is 0 Å². The Bertz CT molecular complexity index is 372. The van der Waals surface area contributed by atoms with Crippen LogP contribution in [-0.2, 0) is 10.0 Å². The first-order chi connectivity index (χ1) is 6.06. The van der Waals surface area contributed by atoms with Crippen molar-refractivity contribution in [3.63, 3.8) is 0 Å². The minimum atomic E-state index is -3.28. The second-order valence-electron chi connectivity index (χ2n) is 2.81. The van der Waals surface area contributed by atoms with Crippen LogP contribution < -0.4 is 56.1 Å². The average Bonchev–Trinajstić information content (AvgIpc) is 2.05. The van der Waals surface area contributed by atoms with Crippen molar-refractivity contribution in [3.8, 4) is 0 Å². The Kier molecular flexibility index (Phi) is 6.72. The first kappa shape index (κ1) is 14.8. The molecule has 0 spiro atoms. The van der Waals surface area contributed by atoms with Crippen LogP contribution in [0.4, 0.5) is 0 Å². The Hall–Kier alpha value is 0.766. The van der Waals surface area contributed by atoms with Crippen molar-refractivity contribution in [3.05, 3.63) is 29.8 Å². The molecule has 5 heteroatoms. The Morgan fingerprint density at radius 2 is 1.71 bits per heavy atom. The van der Waals surface area contributed by atoms with Gasteiger partial charge in [-0.25, -0.2) is 13.1 Å². The van der Waals surface area contributed by atoms with E-state index in [0.717, 1.165) is 5.56 Å². The van der Waals surface area contributed by atoms with Crippen molar-refractivity contribution < 1.29 is 59.8 Å². The second kappa shape index (κ2) is 6.37. The standard InChI is InChI=1S/C9H13NO2S.K/c1-3-10-13(11,12)9-6-4-8(2)5-7-9;/h4-7,10H,3H2,1-2H3;/q;+1. The molecule has 0 saturated heterocycles. The first-order valence-corrected chi connectivity index (χ1v) is 5.61. The molecule has 0 amide bonds. The third-order valence-corrected chi connectivity index (χ3v) is 3.23. The Morgan fingerprint density at radius 3 is 2.14 bits per heavy atom. The Balaban J connectivity index is 0.00000169. The topological polar surface area (TPSA) is 46.2 Å². The van der Waals surface area contributed by atoms with E-state index in [2.05, 4.69) is 4.72 Å². The van der Waals surface area contributed by atoms with Gasteiger partial charge in [-0.1, -0.05) is 24.6 Å². The molecule has 0 saturated carbocycles. The number of hydrogen-bond donors (Lipinski definition) is 1. The van der Waals surface area contributed by atoms with Gasteiger partial charge >= 0.3 is 51.4 Å². The molecule has 0 aromatic heterocycles. The van der Waals surface area contributed by atoms with E-state index in [1.54, 1.807) is 31.2 Å². The summed E-state index contributed by atoms with van der Waals surface area (Å²) in [7, 11) is -3.28. The molecule has 0 aliphatic rings. The summed E-state index contributed by atoms with van der Waals surface area (Å²) in [5.74, 6) is 0. The van der Waals surface area contributed by atoms with Crippen LogP contribution in [0.3, 0.4) is 0 Å². The van der Waals surface area contributed by atoms with E-state index in [1.165, 1.54) is 0 Å². The molecule has 72 valence electrons. The summed E-state index contributed by atoms with van der Waals surface area (Å²) in [5.41, 5.74) is 1.05. The fraction of sp³-hybridized carbons (Fsp3) is 0.333. The molecular weight excluding hydrogens is 225 g/mol. The van der Waals surface area contributed by atoms with Gasteiger partial charge < -0.3 is 0 Å². The van der Waals surface area contributed by atoms with Gasteiger partial charge in [0.2, 0.25) is 10.0 Å². The van der Waals surface area contributed by atoms with Crippen molar-refractivity contribution in [2.75, 3.05) is 6.54 Å². The van der Waals surface area contributed by atoms with Gasteiger partial charge in [-0.2, -0.15) is 0 Å². The number of sulfonamides is 1. The molecule has 0 aliphatic carbocycles. The molecule has 0 unspecified atom stereocenters. The normalized spacial score (nSPS) is 10.7. The van der Waals surface area contributed by atoms with E-state index in [4.69, 9.17) is 0 Å². The third-order valence-electron chi connectivity index (χ3n) is 1.67. The Morgan fingerprint density at radius 1 is 1.21 bits per heavy atom. The summed E-state index contributed by atoms with van der Waals surface area (Å²) in [6, 6.07) is 6.77. The minimum Gasteiger partial charge on any atom is -0.211 e. The molecular formula is C9H13KNO2S+. The molecule has 0 bridgehead atoms. The van der Waals surface area contributed by atoms with E-state index in [1.807, 2.05) is 6.92 Å². The Labute approximate surface area is 128 Å². The van der Waals surface area contributed by atoms with Crippen LogP contribution in [0.5, 0.6) is 0 Å². The second-order valence-corrected chi connectivity index (χ2v) is 4.58. The van der Waals surface area contributed by atoms with Crippen LogP contribution in [0.2, 0.25) is 0 Å². The predicted molar refractivity (Wildman–Crippen MR) is 52.0 cm³/mol. The molecule has 1 N–H and O–H groups in total. The molecule has 1 aromatic rings. The van der Waals surface area contributed by atoms with E-state index in [9.17, 15) is 8.42 Å². The zero-order valence-corrected chi connectivity index (χ0v) is 12.7. The van der Waals surface area contributed by atoms with Crippen LogP contribution in [0.1, 0.15) is 12.5 Å². The van der Waals surface area contributed by atoms with Gasteiger partial charge in [0.15, 0.2) is 0 Å². The third kappa shape index (κ3) is 4.10. The molecule has 0 fully saturated rings. The van der Waals surface area contributed by atoms with Gasteiger partial charge in [-0.05, 0) is 19.1 Å². The summed E-state index contributed by atoms with van der Waals surface area (Å²) >= 11 is 0. The summed E-state index contributed by atoms with van der Waals surface area (Å²) < 4.78 is 25.3. The maximum atomic E-state index is 11.4. The fourth-order valence-electron chi connectivity index (χ4n) is 0.991. The first-order valence-electron chi connectivity index (χ1n) is 4.12. The summed E-state index contributed by atoms with van der Waals surface area (Å²) in [4.78, 5) is 0.319. The van der Waals surface area contributed by atoms with Gasteiger partial charge in [-0.15, -0.1) is 0 Å². The van der Waals surface area contributed by atoms with Crippen molar-refractivity contribution in [1.82, 2.24) is 4.72 Å². The van der Waals surface area contributed by atoms with Crippen molar-refractivity contribution in [2.45, 2.75) is 18.7 Å². The van der Waals surface area contributed by atoms with E-state index in [-0.39, 0.29) is 51.4 Å². The van der Waals surface area contributed by atoms with E-state index >= 15 is 0 Å².